The Labute approximate surface area is 101 Å². The minimum absolute atomic E-state index is 0.811. The van der Waals surface area contributed by atoms with E-state index in [2.05, 4.69) is 26.9 Å². The zero-order valence-electron chi connectivity index (χ0n) is 11.1. The Morgan fingerprint density at radius 3 is 2.47 bits per heavy atom. The average molecular weight is 233 g/mol. The van der Waals surface area contributed by atoms with E-state index in [0.29, 0.717) is 0 Å². The van der Waals surface area contributed by atoms with Crippen LogP contribution in [0.15, 0.2) is 6.33 Å². The highest BCUT2D eigenvalue weighted by Gasteiger charge is 2.16. The van der Waals surface area contributed by atoms with E-state index >= 15 is 0 Å². The van der Waals surface area contributed by atoms with Crippen molar-refractivity contribution in [3.63, 3.8) is 0 Å². The lowest BCUT2D eigenvalue weighted by atomic mass is 10.2. The summed E-state index contributed by atoms with van der Waals surface area (Å²) in [5.74, 6) is 1.09. The second-order valence-electron chi connectivity index (χ2n) is 4.33. The lowest BCUT2D eigenvalue weighted by Gasteiger charge is -2.09. The Bertz CT molecular complexity index is 535. The summed E-state index contributed by atoms with van der Waals surface area (Å²) in [5.41, 5.74) is 4.49. The van der Waals surface area contributed by atoms with Gasteiger partial charge in [0.15, 0.2) is 0 Å². The van der Waals surface area contributed by atoms with Gasteiger partial charge in [-0.15, -0.1) is 0 Å². The van der Waals surface area contributed by atoms with E-state index < -0.39 is 0 Å². The molecule has 0 spiro atoms. The number of nitrogens with zero attached hydrogens (tertiary/aromatic N) is 4. The molecule has 0 bridgehead atoms. The van der Waals surface area contributed by atoms with E-state index in [0.717, 1.165) is 29.4 Å². The molecule has 2 aromatic heterocycles. The van der Waals surface area contributed by atoms with E-state index in [4.69, 9.17) is 0 Å². The lowest BCUT2D eigenvalue weighted by molar-refractivity contribution is 0.712. The third kappa shape index (κ3) is 1.86. The Hall–Kier alpha value is -1.62. The fourth-order valence-corrected chi connectivity index (χ4v) is 2.09. The van der Waals surface area contributed by atoms with Gasteiger partial charge in [0, 0.05) is 24.8 Å². The minimum atomic E-state index is 0.811. The molecule has 2 aromatic rings. The maximum Gasteiger partial charge on any atom is 0.140 e. The van der Waals surface area contributed by atoms with Gasteiger partial charge in [-0.25, -0.2) is 4.98 Å². The quantitative estimate of drug-likeness (QED) is 0.868. The molecular weight excluding hydrogens is 214 g/mol. The molecule has 1 N–H and O–H groups in total. The zero-order chi connectivity index (χ0) is 12.6. The van der Waals surface area contributed by atoms with Gasteiger partial charge in [0.25, 0.3) is 0 Å². The highest BCUT2D eigenvalue weighted by molar-refractivity contribution is 5.40. The largest absolute Gasteiger partial charge is 0.315 e. The van der Waals surface area contributed by atoms with Crippen molar-refractivity contribution in [2.45, 2.75) is 27.3 Å². The predicted molar refractivity (Wildman–Crippen MR) is 67.3 cm³/mol. The summed E-state index contributed by atoms with van der Waals surface area (Å²) in [5, 5.41) is 7.67. The Balaban J connectivity index is 2.62. The molecule has 0 amide bonds. The normalized spacial score (nSPS) is 11.1. The first-order valence-electron chi connectivity index (χ1n) is 5.74. The maximum atomic E-state index is 4.48. The van der Waals surface area contributed by atoms with Crippen molar-refractivity contribution in [1.29, 1.82) is 0 Å². The molecule has 0 aromatic carbocycles. The summed E-state index contributed by atoms with van der Waals surface area (Å²) in [6.45, 7) is 6.95. The molecule has 0 radical (unpaired) electrons. The van der Waals surface area contributed by atoms with Gasteiger partial charge in [-0.1, -0.05) is 0 Å². The molecular formula is C12H19N5. The standard InChI is InChI=1S/C12H19N5/c1-8-10(3)17(7-14-8)12-11(6-13-4)9(2)15-16(12)5/h7,13H,6H2,1-5H3. The molecule has 0 fully saturated rings. The van der Waals surface area contributed by atoms with Gasteiger partial charge in [0.05, 0.1) is 11.4 Å². The van der Waals surface area contributed by atoms with Crippen LogP contribution in [0, 0.1) is 20.8 Å². The molecule has 0 aliphatic carbocycles. The summed E-state index contributed by atoms with van der Waals surface area (Å²) in [6.07, 6.45) is 1.86. The van der Waals surface area contributed by atoms with Crippen molar-refractivity contribution >= 4 is 0 Å². The Morgan fingerprint density at radius 2 is 1.94 bits per heavy atom. The monoisotopic (exact) mass is 233 g/mol. The van der Waals surface area contributed by atoms with E-state index in [9.17, 15) is 0 Å². The van der Waals surface area contributed by atoms with Gasteiger partial charge < -0.3 is 5.32 Å². The van der Waals surface area contributed by atoms with Crippen LogP contribution in [0.25, 0.3) is 5.82 Å². The number of aryl methyl sites for hydroxylation is 3. The minimum Gasteiger partial charge on any atom is -0.315 e. The summed E-state index contributed by atoms with van der Waals surface area (Å²) in [4.78, 5) is 4.35. The van der Waals surface area contributed by atoms with Crippen molar-refractivity contribution < 1.29 is 0 Å². The highest BCUT2D eigenvalue weighted by atomic mass is 15.3. The van der Waals surface area contributed by atoms with Crippen LogP contribution < -0.4 is 5.32 Å². The molecule has 5 heteroatoms. The van der Waals surface area contributed by atoms with Crippen LogP contribution >= 0.6 is 0 Å². The third-order valence-electron chi connectivity index (χ3n) is 3.15. The summed E-state index contributed by atoms with van der Waals surface area (Å²) < 4.78 is 4.01. The first-order valence-corrected chi connectivity index (χ1v) is 5.74. The topological polar surface area (TPSA) is 47.7 Å². The molecule has 92 valence electrons. The van der Waals surface area contributed by atoms with Crippen molar-refractivity contribution in [3.05, 3.63) is 29.0 Å². The molecule has 0 atom stereocenters. The molecule has 2 heterocycles. The number of hydrogen-bond donors (Lipinski definition) is 1. The van der Waals surface area contributed by atoms with E-state index in [1.165, 1.54) is 5.56 Å². The van der Waals surface area contributed by atoms with Crippen LogP contribution in [0.1, 0.15) is 22.6 Å². The van der Waals surface area contributed by atoms with Crippen molar-refractivity contribution in [2.24, 2.45) is 7.05 Å². The zero-order valence-corrected chi connectivity index (χ0v) is 11.1. The molecule has 0 aliphatic heterocycles. The number of rotatable bonds is 3. The van der Waals surface area contributed by atoms with Gasteiger partial charge in [-0.3, -0.25) is 9.25 Å². The summed E-state index contributed by atoms with van der Waals surface area (Å²) >= 11 is 0. The number of nitrogens with one attached hydrogen (secondary N) is 1. The number of aromatic nitrogens is 4. The Morgan fingerprint density at radius 1 is 1.24 bits per heavy atom. The van der Waals surface area contributed by atoms with Gasteiger partial charge >= 0.3 is 0 Å². The van der Waals surface area contributed by atoms with Crippen LogP contribution in [0.2, 0.25) is 0 Å². The van der Waals surface area contributed by atoms with Crippen LogP contribution in [-0.4, -0.2) is 26.4 Å². The molecule has 2 rings (SSSR count). The SMILES string of the molecule is CNCc1c(C)nn(C)c1-n1cnc(C)c1C. The molecule has 0 saturated carbocycles. The number of hydrogen-bond acceptors (Lipinski definition) is 3. The lowest BCUT2D eigenvalue weighted by Crippen LogP contribution is -2.11. The van der Waals surface area contributed by atoms with Crippen LogP contribution in [0.5, 0.6) is 0 Å². The fourth-order valence-electron chi connectivity index (χ4n) is 2.09. The molecule has 0 saturated heterocycles. The molecule has 0 aliphatic rings. The van der Waals surface area contributed by atoms with Crippen molar-refractivity contribution in [1.82, 2.24) is 24.6 Å². The second kappa shape index (κ2) is 4.33. The third-order valence-corrected chi connectivity index (χ3v) is 3.15. The van der Waals surface area contributed by atoms with Gasteiger partial charge in [-0.2, -0.15) is 5.10 Å². The van der Waals surface area contributed by atoms with Crippen molar-refractivity contribution in [3.8, 4) is 5.82 Å². The first kappa shape index (κ1) is 11.9. The van der Waals surface area contributed by atoms with Crippen molar-refractivity contribution in [2.75, 3.05) is 7.05 Å². The van der Waals surface area contributed by atoms with E-state index in [1.54, 1.807) is 0 Å². The van der Waals surface area contributed by atoms with Crippen LogP contribution in [0.4, 0.5) is 0 Å². The summed E-state index contributed by atoms with van der Waals surface area (Å²) in [6, 6.07) is 0. The van der Waals surface area contributed by atoms with Crippen LogP contribution in [-0.2, 0) is 13.6 Å². The Kier molecular flexibility index (Phi) is 3.02. The van der Waals surface area contributed by atoms with E-state index in [1.807, 2.05) is 39.0 Å². The van der Waals surface area contributed by atoms with E-state index in [-0.39, 0.29) is 0 Å². The molecule has 5 nitrogen and oxygen atoms in total. The smallest absolute Gasteiger partial charge is 0.140 e. The first-order chi connectivity index (χ1) is 8.06. The number of imidazole rings is 1. The fraction of sp³-hybridized carbons (Fsp3) is 0.500. The molecule has 0 unspecified atom stereocenters. The van der Waals surface area contributed by atoms with Gasteiger partial charge in [-0.05, 0) is 27.8 Å². The molecule has 17 heavy (non-hydrogen) atoms. The summed E-state index contributed by atoms with van der Waals surface area (Å²) in [7, 11) is 3.92. The maximum absolute atomic E-state index is 4.48. The predicted octanol–water partition coefficient (Wildman–Crippen LogP) is 1.25. The van der Waals surface area contributed by atoms with Crippen LogP contribution in [0.3, 0.4) is 0 Å². The second-order valence-corrected chi connectivity index (χ2v) is 4.33. The highest BCUT2D eigenvalue weighted by Crippen LogP contribution is 2.20. The van der Waals surface area contributed by atoms with Gasteiger partial charge in [0.1, 0.15) is 12.1 Å². The average Bonchev–Trinajstić information content (AvgIpc) is 2.72. The van der Waals surface area contributed by atoms with Gasteiger partial charge in [0.2, 0.25) is 0 Å².